The number of rotatable bonds is 4. The molecule has 2 aliphatic heterocycles. The summed E-state index contributed by atoms with van der Waals surface area (Å²) in [5.41, 5.74) is 2.20. The van der Waals surface area contributed by atoms with Gasteiger partial charge in [-0.1, -0.05) is 25.1 Å². The summed E-state index contributed by atoms with van der Waals surface area (Å²) < 4.78 is 0. The summed E-state index contributed by atoms with van der Waals surface area (Å²) in [7, 11) is 0. The minimum absolute atomic E-state index is 0. The maximum atomic E-state index is 12.3. The fourth-order valence-corrected chi connectivity index (χ4v) is 3.76. The van der Waals surface area contributed by atoms with Crippen LogP contribution in [0.1, 0.15) is 44.6 Å². The highest BCUT2D eigenvalue weighted by Gasteiger charge is 2.34. The summed E-state index contributed by atoms with van der Waals surface area (Å²) in [6.07, 6.45) is 6.54. The molecule has 2 unspecified atom stereocenters. The first-order valence-corrected chi connectivity index (χ1v) is 7.88. The average molecular weight is 309 g/mol. The van der Waals surface area contributed by atoms with Gasteiger partial charge in [0.05, 0.1) is 0 Å². The molecule has 0 aromatic heterocycles. The number of carbonyl (C=O) groups is 1. The molecule has 3 nitrogen and oxygen atoms in total. The molecule has 0 radical (unpaired) electrons. The molecule has 0 saturated carbocycles. The third kappa shape index (κ3) is 3.98. The Morgan fingerprint density at radius 3 is 2.57 bits per heavy atom. The molecule has 21 heavy (non-hydrogen) atoms. The number of hydrogen-bond acceptors (Lipinski definition) is 2. The molecule has 1 aromatic carbocycles. The van der Waals surface area contributed by atoms with Crippen molar-refractivity contribution >= 4 is 24.0 Å². The van der Waals surface area contributed by atoms with E-state index in [9.17, 15) is 4.79 Å². The standard InChI is InChI=1S/C17H24N2O.ClH/c1-2-13-5-3-4-6-16(13)19-17(20)11-12-9-14-7-8-15(10-12)18-14;/h3-6,12,14-15,18H,2,7-11H2,1H3,(H,19,20);1H. The number of anilines is 1. The number of amides is 1. The zero-order valence-corrected chi connectivity index (χ0v) is 13.4. The topological polar surface area (TPSA) is 41.1 Å². The van der Waals surface area contributed by atoms with Crippen LogP contribution in [0.5, 0.6) is 0 Å². The van der Waals surface area contributed by atoms with E-state index in [2.05, 4.69) is 23.6 Å². The molecule has 2 bridgehead atoms. The van der Waals surface area contributed by atoms with Gasteiger partial charge in [-0.05, 0) is 49.7 Å². The van der Waals surface area contributed by atoms with Gasteiger partial charge in [-0.2, -0.15) is 0 Å². The van der Waals surface area contributed by atoms with E-state index in [1.54, 1.807) is 0 Å². The Balaban J connectivity index is 0.00000161. The highest BCUT2D eigenvalue weighted by Crippen LogP contribution is 2.32. The fourth-order valence-electron chi connectivity index (χ4n) is 3.76. The molecule has 0 spiro atoms. The van der Waals surface area contributed by atoms with Gasteiger partial charge in [-0.15, -0.1) is 12.4 Å². The molecule has 1 amide bonds. The maximum absolute atomic E-state index is 12.3. The van der Waals surface area contributed by atoms with Crippen molar-refractivity contribution in [2.45, 2.75) is 57.5 Å². The molecule has 2 heterocycles. The van der Waals surface area contributed by atoms with E-state index in [-0.39, 0.29) is 18.3 Å². The van der Waals surface area contributed by atoms with Gasteiger partial charge in [-0.25, -0.2) is 0 Å². The fraction of sp³-hybridized carbons (Fsp3) is 0.588. The van der Waals surface area contributed by atoms with Gasteiger partial charge in [-0.3, -0.25) is 4.79 Å². The molecule has 0 aliphatic carbocycles. The van der Waals surface area contributed by atoms with Crippen molar-refractivity contribution in [3.63, 3.8) is 0 Å². The van der Waals surface area contributed by atoms with Gasteiger partial charge >= 0.3 is 0 Å². The second-order valence-corrected chi connectivity index (χ2v) is 6.24. The second-order valence-electron chi connectivity index (χ2n) is 6.24. The lowest BCUT2D eigenvalue weighted by molar-refractivity contribution is -0.117. The average Bonchev–Trinajstić information content (AvgIpc) is 2.78. The van der Waals surface area contributed by atoms with Crippen LogP contribution in [0.25, 0.3) is 0 Å². The van der Waals surface area contributed by atoms with Crippen LogP contribution >= 0.6 is 12.4 Å². The van der Waals surface area contributed by atoms with E-state index in [0.29, 0.717) is 24.4 Å². The van der Waals surface area contributed by atoms with Gasteiger partial charge in [0.1, 0.15) is 0 Å². The third-order valence-corrected chi connectivity index (χ3v) is 4.72. The second kappa shape index (κ2) is 7.28. The molecule has 2 atom stereocenters. The van der Waals surface area contributed by atoms with Crippen molar-refractivity contribution in [1.82, 2.24) is 5.32 Å². The number of carbonyl (C=O) groups excluding carboxylic acids is 1. The smallest absolute Gasteiger partial charge is 0.224 e. The van der Waals surface area contributed by atoms with Crippen LogP contribution in [0, 0.1) is 5.92 Å². The van der Waals surface area contributed by atoms with E-state index < -0.39 is 0 Å². The normalized spacial score (nSPS) is 27.0. The number of piperidine rings is 1. The maximum Gasteiger partial charge on any atom is 0.224 e. The summed E-state index contributed by atoms with van der Waals surface area (Å²) in [5.74, 6) is 0.736. The van der Waals surface area contributed by atoms with Crippen molar-refractivity contribution in [1.29, 1.82) is 0 Å². The molecule has 2 N–H and O–H groups in total. The number of nitrogens with one attached hydrogen (secondary N) is 2. The minimum atomic E-state index is 0. The monoisotopic (exact) mass is 308 g/mol. The van der Waals surface area contributed by atoms with Crippen LogP contribution in [0.2, 0.25) is 0 Å². The van der Waals surface area contributed by atoms with E-state index >= 15 is 0 Å². The minimum Gasteiger partial charge on any atom is -0.326 e. The number of para-hydroxylation sites is 1. The lowest BCUT2D eigenvalue weighted by atomic mass is 9.89. The zero-order chi connectivity index (χ0) is 13.9. The predicted octanol–water partition coefficient (Wildman–Crippen LogP) is 3.53. The predicted molar refractivity (Wildman–Crippen MR) is 89.0 cm³/mol. The largest absolute Gasteiger partial charge is 0.326 e. The molecular formula is C17H25ClN2O. The van der Waals surface area contributed by atoms with Gasteiger partial charge in [0.25, 0.3) is 0 Å². The van der Waals surface area contributed by atoms with Gasteiger partial charge in [0, 0.05) is 24.2 Å². The zero-order valence-electron chi connectivity index (χ0n) is 12.6. The van der Waals surface area contributed by atoms with E-state index in [1.165, 1.54) is 31.2 Å². The Morgan fingerprint density at radius 2 is 1.90 bits per heavy atom. The summed E-state index contributed by atoms with van der Waals surface area (Å²) in [5, 5.41) is 6.73. The SMILES string of the molecule is CCc1ccccc1NC(=O)CC1CC2CCC(C1)N2.Cl. The Hall–Kier alpha value is -1.06. The quantitative estimate of drug-likeness (QED) is 0.893. The van der Waals surface area contributed by atoms with Crippen LogP contribution in [-0.2, 0) is 11.2 Å². The van der Waals surface area contributed by atoms with Gasteiger partial charge in [0.2, 0.25) is 5.91 Å². The first-order valence-electron chi connectivity index (χ1n) is 7.88. The van der Waals surface area contributed by atoms with Crippen LogP contribution in [-0.4, -0.2) is 18.0 Å². The molecular weight excluding hydrogens is 284 g/mol. The van der Waals surface area contributed by atoms with Crippen LogP contribution in [0.4, 0.5) is 5.69 Å². The number of halogens is 1. The Labute approximate surface area is 133 Å². The van der Waals surface area contributed by atoms with Crippen molar-refractivity contribution < 1.29 is 4.79 Å². The first kappa shape index (κ1) is 16.3. The lowest BCUT2D eigenvalue weighted by Gasteiger charge is -2.28. The number of aryl methyl sites for hydroxylation is 1. The summed E-state index contributed by atoms with van der Waals surface area (Å²) in [6, 6.07) is 9.42. The van der Waals surface area contributed by atoms with E-state index in [4.69, 9.17) is 0 Å². The van der Waals surface area contributed by atoms with Gasteiger partial charge < -0.3 is 10.6 Å². The highest BCUT2D eigenvalue weighted by atomic mass is 35.5. The van der Waals surface area contributed by atoms with Crippen molar-refractivity contribution in [2.24, 2.45) is 5.92 Å². The van der Waals surface area contributed by atoms with Crippen molar-refractivity contribution in [2.75, 3.05) is 5.32 Å². The first-order chi connectivity index (χ1) is 9.74. The van der Waals surface area contributed by atoms with Crippen LogP contribution in [0.3, 0.4) is 0 Å². The van der Waals surface area contributed by atoms with Crippen LogP contribution < -0.4 is 10.6 Å². The van der Waals surface area contributed by atoms with Gasteiger partial charge in [0.15, 0.2) is 0 Å². The molecule has 2 saturated heterocycles. The highest BCUT2D eigenvalue weighted by molar-refractivity contribution is 5.91. The lowest BCUT2D eigenvalue weighted by Crippen LogP contribution is -2.39. The molecule has 2 aliphatic rings. The summed E-state index contributed by atoms with van der Waals surface area (Å²) in [4.78, 5) is 12.3. The number of hydrogen-bond donors (Lipinski definition) is 2. The van der Waals surface area contributed by atoms with Crippen molar-refractivity contribution in [3.05, 3.63) is 29.8 Å². The molecule has 116 valence electrons. The number of benzene rings is 1. The molecule has 2 fully saturated rings. The summed E-state index contributed by atoms with van der Waals surface area (Å²) >= 11 is 0. The Bertz CT molecular complexity index is 479. The molecule has 1 aromatic rings. The molecule has 3 rings (SSSR count). The van der Waals surface area contributed by atoms with Crippen molar-refractivity contribution in [3.8, 4) is 0 Å². The molecule has 4 heteroatoms. The Kier molecular flexibility index (Phi) is 5.65. The third-order valence-electron chi connectivity index (χ3n) is 4.72. The number of fused-ring (bicyclic) bond motifs is 2. The van der Waals surface area contributed by atoms with Crippen LogP contribution in [0.15, 0.2) is 24.3 Å². The van der Waals surface area contributed by atoms with E-state index in [0.717, 1.165) is 12.1 Å². The summed E-state index contributed by atoms with van der Waals surface area (Å²) in [6.45, 7) is 2.12. The Morgan fingerprint density at radius 1 is 1.24 bits per heavy atom. The van der Waals surface area contributed by atoms with E-state index in [1.807, 2.05) is 18.2 Å².